The molecule has 0 bridgehead atoms. The molecule has 2 aromatic carbocycles. The van der Waals surface area contributed by atoms with Crippen molar-refractivity contribution in [3.63, 3.8) is 0 Å². The Morgan fingerprint density at radius 1 is 0.833 bits per heavy atom. The number of hydrogen-bond acceptors (Lipinski definition) is 3. The lowest BCUT2D eigenvalue weighted by Gasteiger charge is -2.07. The normalized spacial score (nSPS) is 10.7. The van der Waals surface area contributed by atoms with E-state index in [2.05, 4.69) is 34.3 Å². The predicted octanol–water partition coefficient (Wildman–Crippen LogP) is 4.21. The lowest BCUT2D eigenvalue weighted by Crippen LogP contribution is -2.02. The van der Waals surface area contributed by atoms with Crippen LogP contribution in [-0.2, 0) is 0 Å². The average molecular weight is 312 g/mol. The minimum atomic E-state index is 0.752. The zero-order valence-corrected chi connectivity index (χ0v) is 13.3. The van der Waals surface area contributed by atoms with Crippen molar-refractivity contribution in [3.8, 4) is 0 Å². The summed E-state index contributed by atoms with van der Waals surface area (Å²) in [5.41, 5.74) is 4.77. The predicted molar refractivity (Wildman–Crippen MR) is 95.9 cm³/mol. The number of nitrogens with zero attached hydrogens (tertiary/aromatic N) is 4. The molecule has 2 aromatic heterocycles. The molecular weight excluding hydrogens is 296 g/mol. The molecule has 0 aliphatic carbocycles. The van der Waals surface area contributed by atoms with Crippen molar-refractivity contribution in [2.45, 2.75) is 6.92 Å². The zero-order valence-electron chi connectivity index (χ0n) is 13.3. The Morgan fingerprint density at radius 3 is 2.08 bits per heavy atom. The largest absolute Gasteiger partial charge is 0.246 e. The van der Waals surface area contributed by atoms with Crippen molar-refractivity contribution >= 4 is 17.0 Å². The number of aromatic nitrogens is 3. The molecule has 0 saturated carbocycles. The van der Waals surface area contributed by atoms with E-state index in [4.69, 9.17) is 4.99 Å². The van der Waals surface area contributed by atoms with Crippen LogP contribution >= 0.6 is 0 Å². The van der Waals surface area contributed by atoms with Crippen molar-refractivity contribution in [2.24, 2.45) is 4.99 Å². The molecule has 116 valence electrons. The Hall–Kier alpha value is -3.27. The Labute approximate surface area is 140 Å². The van der Waals surface area contributed by atoms with Gasteiger partial charge in [0.25, 0.3) is 0 Å². The molecule has 4 rings (SSSR count). The monoisotopic (exact) mass is 312 g/mol. The summed E-state index contributed by atoms with van der Waals surface area (Å²) in [4.78, 5) is 9.24. The van der Waals surface area contributed by atoms with Crippen molar-refractivity contribution < 1.29 is 0 Å². The number of aliphatic imine (C=N–C) groups is 1. The van der Waals surface area contributed by atoms with Crippen LogP contribution in [0.4, 0.5) is 5.69 Å². The summed E-state index contributed by atoms with van der Waals surface area (Å²) in [6.45, 7) is 1.88. The molecule has 0 spiro atoms. The van der Waals surface area contributed by atoms with Gasteiger partial charge in [-0.1, -0.05) is 60.7 Å². The van der Waals surface area contributed by atoms with Crippen LogP contribution in [0.5, 0.6) is 0 Å². The highest BCUT2D eigenvalue weighted by Crippen LogP contribution is 2.19. The van der Waals surface area contributed by atoms with Crippen molar-refractivity contribution in [3.05, 3.63) is 95.9 Å². The second kappa shape index (κ2) is 6.08. The van der Waals surface area contributed by atoms with Crippen LogP contribution in [0.15, 0.2) is 84.0 Å². The van der Waals surface area contributed by atoms with Crippen LogP contribution in [0.25, 0.3) is 5.65 Å². The average Bonchev–Trinajstić information content (AvgIpc) is 3.00. The SMILES string of the molecule is Cc1nc2ccc(N=C(c3ccccc3)c3ccccc3)cn2n1. The highest BCUT2D eigenvalue weighted by Gasteiger charge is 2.07. The molecule has 0 unspecified atom stereocenters. The Morgan fingerprint density at radius 2 is 1.46 bits per heavy atom. The summed E-state index contributed by atoms with van der Waals surface area (Å²) < 4.78 is 1.77. The second-order valence-electron chi connectivity index (χ2n) is 5.54. The first-order chi connectivity index (χ1) is 11.8. The summed E-state index contributed by atoms with van der Waals surface area (Å²) in [5.74, 6) is 0.752. The maximum atomic E-state index is 4.89. The number of pyridine rings is 1. The molecule has 0 atom stereocenters. The number of aryl methyl sites for hydroxylation is 1. The van der Waals surface area contributed by atoms with Gasteiger partial charge in [-0.15, -0.1) is 0 Å². The topological polar surface area (TPSA) is 42.5 Å². The van der Waals surface area contributed by atoms with E-state index in [9.17, 15) is 0 Å². The summed E-state index contributed by atoms with van der Waals surface area (Å²) in [6.07, 6.45) is 1.90. The van der Waals surface area contributed by atoms with Gasteiger partial charge in [-0.2, -0.15) is 5.10 Å². The van der Waals surface area contributed by atoms with Gasteiger partial charge in [-0.25, -0.2) is 14.5 Å². The first-order valence-electron chi connectivity index (χ1n) is 7.82. The summed E-state index contributed by atoms with van der Waals surface area (Å²) in [7, 11) is 0. The molecule has 0 amide bonds. The van der Waals surface area contributed by atoms with Crippen LogP contribution < -0.4 is 0 Å². The molecule has 4 heteroatoms. The number of hydrogen-bond donors (Lipinski definition) is 0. The van der Waals surface area contributed by atoms with Crippen molar-refractivity contribution in [2.75, 3.05) is 0 Å². The van der Waals surface area contributed by atoms with Gasteiger partial charge in [-0.3, -0.25) is 0 Å². The number of fused-ring (bicyclic) bond motifs is 1. The summed E-state index contributed by atoms with van der Waals surface area (Å²) >= 11 is 0. The molecule has 0 saturated heterocycles. The highest BCUT2D eigenvalue weighted by molar-refractivity contribution is 6.13. The Bertz CT molecular complexity index is 960. The van der Waals surface area contributed by atoms with Crippen molar-refractivity contribution in [1.29, 1.82) is 0 Å². The maximum Gasteiger partial charge on any atom is 0.155 e. The molecule has 0 N–H and O–H groups in total. The van der Waals surface area contributed by atoms with Crippen LogP contribution in [0.1, 0.15) is 17.0 Å². The lowest BCUT2D eigenvalue weighted by molar-refractivity contribution is 0.930. The van der Waals surface area contributed by atoms with Gasteiger partial charge in [0.1, 0.15) is 5.82 Å². The van der Waals surface area contributed by atoms with E-state index in [-0.39, 0.29) is 0 Å². The van der Waals surface area contributed by atoms with Gasteiger partial charge in [0.2, 0.25) is 0 Å². The minimum Gasteiger partial charge on any atom is -0.246 e. The van der Waals surface area contributed by atoms with E-state index in [0.29, 0.717) is 0 Å². The third-order valence-corrected chi connectivity index (χ3v) is 3.76. The highest BCUT2D eigenvalue weighted by atomic mass is 15.3. The second-order valence-corrected chi connectivity index (χ2v) is 5.54. The van der Waals surface area contributed by atoms with Crippen LogP contribution in [0.2, 0.25) is 0 Å². The van der Waals surface area contributed by atoms with Gasteiger partial charge >= 0.3 is 0 Å². The molecule has 0 aliphatic heterocycles. The molecule has 0 radical (unpaired) electrons. The van der Waals surface area contributed by atoms with Crippen LogP contribution in [0.3, 0.4) is 0 Å². The molecule has 0 aliphatic rings. The third kappa shape index (κ3) is 2.82. The van der Waals surface area contributed by atoms with E-state index in [0.717, 1.165) is 34.0 Å². The first-order valence-corrected chi connectivity index (χ1v) is 7.82. The van der Waals surface area contributed by atoms with E-state index in [1.165, 1.54) is 0 Å². The number of rotatable bonds is 3. The van der Waals surface area contributed by atoms with Crippen molar-refractivity contribution in [1.82, 2.24) is 14.6 Å². The molecule has 4 nitrogen and oxygen atoms in total. The van der Waals surface area contributed by atoms with Crippen LogP contribution in [-0.4, -0.2) is 20.3 Å². The fraction of sp³-hybridized carbons (Fsp3) is 0.0500. The Kier molecular flexibility index (Phi) is 3.63. The van der Waals surface area contributed by atoms with Gasteiger partial charge in [-0.05, 0) is 19.1 Å². The molecule has 24 heavy (non-hydrogen) atoms. The number of benzene rings is 2. The fourth-order valence-electron chi connectivity index (χ4n) is 2.67. The standard InChI is InChI=1S/C20H16N4/c1-15-21-19-13-12-18(14-24(19)23-15)22-20(16-8-4-2-5-9-16)17-10-6-3-7-11-17/h2-14H,1H3. The molecule has 4 aromatic rings. The molecular formula is C20H16N4. The molecule has 2 heterocycles. The molecule has 0 fully saturated rings. The van der Waals surface area contributed by atoms with E-state index < -0.39 is 0 Å². The summed E-state index contributed by atoms with van der Waals surface area (Å²) in [6, 6.07) is 24.3. The van der Waals surface area contributed by atoms with Gasteiger partial charge in [0.15, 0.2) is 5.65 Å². The smallest absolute Gasteiger partial charge is 0.155 e. The quantitative estimate of drug-likeness (QED) is 0.532. The lowest BCUT2D eigenvalue weighted by atomic mass is 10.0. The van der Waals surface area contributed by atoms with Crippen LogP contribution in [0, 0.1) is 6.92 Å². The zero-order chi connectivity index (χ0) is 16.4. The maximum absolute atomic E-state index is 4.89. The van der Waals surface area contributed by atoms with Gasteiger partial charge < -0.3 is 0 Å². The van der Waals surface area contributed by atoms with E-state index in [1.54, 1.807) is 4.52 Å². The van der Waals surface area contributed by atoms with E-state index >= 15 is 0 Å². The Balaban J connectivity index is 1.86. The fourth-order valence-corrected chi connectivity index (χ4v) is 2.67. The van der Waals surface area contributed by atoms with E-state index in [1.807, 2.05) is 61.7 Å². The summed E-state index contributed by atoms with van der Waals surface area (Å²) in [5, 5.41) is 4.36. The van der Waals surface area contributed by atoms with Gasteiger partial charge in [0.05, 0.1) is 17.6 Å². The minimum absolute atomic E-state index is 0.752. The third-order valence-electron chi connectivity index (χ3n) is 3.76. The van der Waals surface area contributed by atoms with Gasteiger partial charge in [0, 0.05) is 11.1 Å². The first kappa shape index (κ1) is 14.3.